The lowest BCUT2D eigenvalue weighted by Crippen LogP contribution is -2.25. The number of benzene rings is 1. The van der Waals surface area contributed by atoms with Crippen LogP contribution in [0, 0.1) is 5.92 Å². The summed E-state index contributed by atoms with van der Waals surface area (Å²) in [6.07, 6.45) is 2.57. The number of hydrogen-bond acceptors (Lipinski definition) is 3. The maximum absolute atomic E-state index is 5.70. The number of nitrogens with one attached hydrogen (secondary N) is 1. The van der Waals surface area contributed by atoms with Crippen molar-refractivity contribution in [3.63, 3.8) is 0 Å². The van der Waals surface area contributed by atoms with Crippen molar-refractivity contribution in [1.29, 1.82) is 0 Å². The minimum Gasteiger partial charge on any atom is -0.493 e. The van der Waals surface area contributed by atoms with Gasteiger partial charge in [-0.3, -0.25) is 0 Å². The zero-order valence-corrected chi connectivity index (χ0v) is 11.1. The summed E-state index contributed by atoms with van der Waals surface area (Å²) in [7, 11) is 2.04. The lowest BCUT2D eigenvalue weighted by molar-refractivity contribution is 0.117. The molecule has 0 amide bonds. The summed E-state index contributed by atoms with van der Waals surface area (Å²) in [6, 6.07) is 6.99. The Hall–Kier alpha value is -1.06. The Kier molecular flexibility index (Phi) is 3.27. The molecule has 2 aliphatic rings. The molecule has 3 atom stereocenters. The van der Waals surface area contributed by atoms with Crippen molar-refractivity contribution in [3.05, 3.63) is 29.3 Å². The van der Waals surface area contributed by atoms with Crippen LogP contribution >= 0.6 is 0 Å². The van der Waals surface area contributed by atoms with Crippen LogP contribution in [0.4, 0.5) is 0 Å². The Morgan fingerprint density at radius 3 is 3.00 bits per heavy atom. The monoisotopic (exact) mass is 247 g/mol. The third kappa shape index (κ3) is 2.13. The van der Waals surface area contributed by atoms with Gasteiger partial charge in [0.15, 0.2) is 0 Å². The van der Waals surface area contributed by atoms with Gasteiger partial charge in [0.05, 0.1) is 19.3 Å². The first kappa shape index (κ1) is 12.0. The highest BCUT2D eigenvalue weighted by Gasteiger charge is 2.30. The molecule has 0 spiro atoms. The molecule has 0 aromatic heterocycles. The first-order valence-corrected chi connectivity index (χ1v) is 6.82. The lowest BCUT2D eigenvalue weighted by atomic mass is 9.90. The van der Waals surface area contributed by atoms with Gasteiger partial charge in [-0.05, 0) is 37.6 Å². The van der Waals surface area contributed by atoms with E-state index >= 15 is 0 Å². The summed E-state index contributed by atoms with van der Waals surface area (Å²) in [6.45, 7) is 3.84. The van der Waals surface area contributed by atoms with Gasteiger partial charge in [0.2, 0.25) is 0 Å². The van der Waals surface area contributed by atoms with Crippen LogP contribution in [0.2, 0.25) is 0 Å². The summed E-state index contributed by atoms with van der Waals surface area (Å²) in [4.78, 5) is 0. The van der Waals surface area contributed by atoms with E-state index in [1.54, 1.807) is 0 Å². The van der Waals surface area contributed by atoms with Gasteiger partial charge in [-0.1, -0.05) is 12.1 Å². The van der Waals surface area contributed by atoms with Gasteiger partial charge in [0.1, 0.15) is 5.75 Å². The van der Waals surface area contributed by atoms with Crippen LogP contribution in [0.3, 0.4) is 0 Å². The maximum atomic E-state index is 5.70. The molecular formula is C15H21NO2. The zero-order chi connectivity index (χ0) is 12.5. The molecule has 18 heavy (non-hydrogen) atoms. The summed E-state index contributed by atoms with van der Waals surface area (Å²) in [5.41, 5.74) is 2.71. The molecule has 3 heteroatoms. The van der Waals surface area contributed by atoms with Crippen molar-refractivity contribution in [3.8, 4) is 5.75 Å². The minimum absolute atomic E-state index is 0.390. The number of hydrogen-bond donors (Lipinski definition) is 1. The van der Waals surface area contributed by atoms with Crippen LogP contribution in [0.25, 0.3) is 0 Å². The van der Waals surface area contributed by atoms with Gasteiger partial charge in [-0.2, -0.15) is 0 Å². The van der Waals surface area contributed by atoms with Crippen molar-refractivity contribution >= 4 is 0 Å². The van der Waals surface area contributed by atoms with Gasteiger partial charge >= 0.3 is 0 Å². The predicted octanol–water partition coefficient (Wildman–Crippen LogP) is 2.31. The van der Waals surface area contributed by atoms with Gasteiger partial charge in [0, 0.05) is 18.4 Å². The summed E-state index contributed by atoms with van der Waals surface area (Å²) >= 11 is 0. The second-order valence-corrected chi connectivity index (χ2v) is 5.37. The van der Waals surface area contributed by atoms with E-state index in [4.69, 9.17) is 9.47 Å². The first-order chi connectivity index (χ1) is 8.78. The van der Waals surface area contributed by atoms with Crippen molar-refractivity contribution in [2.75, 3.05) is 20.3 Å². The van der Waals surface area contributed by atoms with Crippen LogP contribution in [0.15, 0.2) is 18.2 Å². The van der Waals surface area contributed by atoms with Gasteiger partial charge in [-0.15, -0.1) is 0 Å². The molecule has 0 aliphatic carbocycles. The van der Waals surface area contributed by atoms with E-state index in [0.29, 0.717) is 18.1 Å². The maximum Gasteiger partial charge on any atom is 0.122 e. The smallest absolute Gasteiger partial charge is 0.122 e. The van der Waals surface area contributed by atoms with Crippen LogP contribution in [-0.2, 0) is 11.2 Å². The summed E-state index contributed by atoms with van der Waals surface area (Å²) in [5.74, 6) is 1.63. The molecule has 0 bridgehead atoms. The van der Waals surface area contributed by atoms with Crippen molar-refractivity contribution in [2.24, 2.45) is 5.92 Å². The third-order valence-corrected chi connectivity index (χ3v) is 4.08. The van der Waals surface area contributed by atoms with E-state index in [1.165, 1.54) is 11.1 Å². The molecule has 1 saturated heterocycles. The zero-order valence-electron chi connectivity index (χ0n) is 11.1. The largest absolute Gasteiger partial charge is 0.493 e. The first-order valence-electron chi connectivity index (χ1n) is 6.82. The number of rotatable bonds is 3. The normalized spacial score (nSPS) is 27.9. The Morgan fingerprint density at radius 1 is 1.39 bits per heavy atom. The van der Waals surface area contributed by atoms with Crippen molar-refractivity contribution in [1.82, 2.24) is 5.32 Å². The minimum atomic E-state index is 0.390. The number of ether oxygens (including phenoxy) is 2. The van der Waals surface area contributed by atoms with E-state index in [2.05, 4.69) is 30.4 Å². The molecule has 3 rings (SSSR count). The topological polar surface area (TPSA) is 30.5 Å². The van der Waals surface area contributed by atoms with Gasteiger partial charge < -0.3 is 14.8 Å². The fraction of sp³-hybridized carbons (Fsp3) is 0.600. The molecule has 1 fully saturated rings. The van der Waals surface area contributed by atoms with E-state index in [-0.39, 0.29) is 0 Å². The molecule has 0 radical (unpaired) electrons. The van der Waals surface area contributed by atoms with Gasteiger partial charge in [0.25, 0.3) is 0 Å². The summed E-state index contributed by atoms with van der Waals surface area (Å²) in [5, 5.41) is 3.45. The highest BCUT2D eigenvalue weighted by molar-refractivity contribution is 5.41. The quantitative estimate of drug-likeness (QED) is 0.889. The molecule has 2 heterocycles. The fourth-order valence-electron chi connectivity index (χ4n) is 3.16. The van der Waals surface area contributed by atoms with Crippen LogP contribution in [0.5, 0.6) is 5.75 Å². The van der Waals surface area contributed by atoms with Crippen LogP contribution in [0.1, 0.15) is 30.5 Å². The van der Waals surface area contributed by atoms with Crippen molar-refractivity contribution < 1.29 is 9.47 Å². The molecule has 3 unspecified atom stereocenters. The standard InChI is InChI=1S/C15H21NO2/c1-10-7-13(9-18-10)15(16-2)12-3-4-14-11(8-12)5-6-17-14/h3-4,8,10,13,15-16H,5-7,9H2,1-2H3. The van der Waals surface area contributed by atoms with E-state index in [1.807, 2.05) is 7.05 Å². The van der Waals surface area contributed by atoms with E-state index < -0.39 is 0 Å². The Labute approximate surface area is 108 Å². The third-order valence-electron chi connectivity index (χ3n) is 4.08. The van der Waals surface area contributed by atoms with Crippen molar-refractivity contribution in [2.45, 2.75) is 31.9 Å². The van der Waals surface area contributed by atoms with E-state index in [9.17, 15) is 0 Å². The molecule has 1 aromatic rings. The average molecular weight is 247 g/mol. The Bertz CT molecular complexity index is 433. The van der Waals surface area contributed by atoms with Gasteiger partial charge in [-0.25, -0.2) is 0 Å². The Balaban J connectivity index is 1.83. The molecule has 1 N–H and O–H groups in total. The highest BCUT2D eigenvalue weighted by Crippen LogP contribution is 2.34. The highest BCUT2D eigenvalue weighted by atomic mass is 16.5. The molecule has 2 aliphatic heterocycles. The Morgan fingerprint density at radius 2 is 2.28 bits per heavy atom. The second-order valence-electron chi connectivity index (χ2n) is 5.37. The molecule has 0 saturated carbocycles. The molecule has 3 nitrogen and oxygen atoms in total. The SMILES string of the molecule is CNC(c1ccc2c(c1)CCO2)C1COC(C)C1. The van der Waals surface area contributed by atoms with E-state index in [0.717, 1.165) is 31.8 Å². The van der Waals surface area contributed by atoms with Crippen LogP contribution in [-0.4, -0.2) is 26.4 Å². The number of fused-ring (bicyclic) bond motifs is 1. The molecule has 98 valence electrons. The predicted molar refractivity (Wildman–Crippen MR) is 71.0 cm³/mol. The molecule has 1 aromatic carbocycles. The summed E-state index contributed by atoms with van der Waals surface area (Å²) < 4.78 is 11.3. The second kappa shape index (κ2) is 4.90. The lowest BCUT2D eigenvalue weighted by Gasteiger charge is -2.23. The van der Waals surface area contributed by atoms with Crippen LogP contribution < -0.4 is 10.1 Å². The average Bonchev–Trinajstić information content (AvgIpc) is 2.99. The fourth-order valence-corrected chi connectivity index (χ4v) is 3.16. The molecular weight excluding hydrogens is 226 g/mol.